The summed E-state index contributed by atoms with van der Waals surface area (Å²) in [7, 11) is 0. The molecule has 0 aromatic heterocycles. The Morgan fingerprint density at radius 3 is 2.38 bits per heavy atom. The number of nitrogens with zero attached hydrogens (tertiary/aromatic N) is 1. The van der Waals surface area contributed by atoms with Crippen molar-refractivity contribution in [2.24, 2.45) is 0 Å². The lowest BCUT2D eigenvalue weighted by molar-refractivity contribution is -0.134. The number of halogens is 1. The standard InChI is InChI=1S/C19H18FN3O3/c1-2-19(13-8-10-14(20)11-9-13)17(25)23(18(26)22-19)12-16(24)21-15-6-4-3-5-7-15/h3-11H,2,12H2,1H3,(H,21,24)(H,22,26). The van der Waals surface area contributed by atoms with Crippen LogP contribution in [0.3, 0.4) is 0 Å². The molecule has 134 valence electrons. The number of rotatable bonds is 5. The van der Waals surface area contributed by atoms with Crippen LogP contribution in [0.4, 0.5) is 14.9 Å². The zero-order chi connectivity index (χ0) is 18.7. The summed E-state index contributed by atoms with van der Waals surface area (Å²) in [5, 5.41) is 5.30. The molecule has 0 radical (unpaired) electrons. The van der Waals surface area contributed by atoms with Gasteiger partial charge in [0.25, 0.3) is 5.91 Å². The number of urea groups is 1. The lowest BCUT2D eigenvalue weighted by atomic mass is 9.87. The number of para-hydroxylation sites is 1. The SMILES string of the molecule is CCC1(c2ccc(F)cc2)NC(=O)N(CC(=O)Nc2ccccc2)C1=O. The predicted octanol–water partition coefficient (Wildman–Crippen LogP) is 2.62. The van der Waals surface area contributed by atoms with Gasteiger partial charge in [-0.2, -0.15) is 0 Å². The number of hydrogen-bond donors (Lipinski definition) is 2. The fourth-order valence-electron chi connectivity index (χ4n) is 3.01. The van der Waals surface area contributed by atoms with Crippen LogP contribution in [0.15, 0.2) is 54.6 Å². The van der Waals surface area contributed by atoms with Crippen LogP contribution in [0.25, 0.3) is 0 Å². The van der Waals surface area contributed by atoms with Crippen LogP contribution >= 0.6 is 0 Å². The largest absolute Gasteiger partial charge is 0.325 e. The minimum absolute atomic E-state index is 0.278. The fraction of sp³-hybridized carbons (Fsp3) is 0.211. The Hall–Kier alpha value is -3.22. The highest BCUT2D eigenvalue weighted by molar-refractivity contribution is 6.10. The van der Waals surface area contributed by atoms with Crippen molar-refractivity contribution in [2.45, 2.75) is 18.9 Å². The van der Waals surface area contributed by atoms with Crippen molar-refractivity contribution >= 4 is 23.5 Å². The van der Waals surface area contributed by atoms with E-state index in [1.54, 1.807) is 31.2 Å². The van der Waals surface area contributed by atoms with E-state index >= 15 is 0 Å². The normalized spacial score (nSPS) is 19.4. The average molecular weight is 355 g/mol. The molecule has 4 amide bonds. The van der Waals surface area contributed by atoms with E-state index in [-0.39, 0.29) is 6.42 Å². The van der Waals surface area contributed by atoms with Gasteiger partial charge in [0.1, 0.15) is 17.9 Å². The van der Waals surface area contributed by atoms with Gasteiger partial charge in [-0.05, 0) is 36.2 Å². The third-order valence-corrected chi connectivity index (χ3v) is 4.40. The number of anilines is 1. The van der Waals surface area contributed by atoms with Crippen molar-refractivity contribution in [1.29, 1.82) is 0 Å². The lowest BCUT2D eigenvalue weighted by Crippen LogP contribution is -2.44. The average Bonchev–Trinajstić information content (AvgIpc) is 2.88. The Morgan fingerprint density at radius 2 is 1.77 bits per heavy atom. The number of hydrogen-bond acceptors (Lipinski definition) is 3. The van der Waals surface area contributed by atoms with Crippen LogP contribution in [0.1, 0.15) is 18.9 Å². The van der Waals surface area contributed by atoms with Gasteiger partial charge >= 0.3 is 6.03 Å². The van der Waals surface area contributed by atoms with Crippen LogP contribution in [0.5, 0.6) is 0 Å². The molecule has 1 heterocycles. The Bertz CT molecular complexity index is 839. The van der Waals surface area contributed by atoms with Gasteiger partial charge in [0.05, 0.1) is 0 Å². The Morgan fingerprint density at radius 1 is 1.12 bits per heavy atom. The fourth-order valence-corrected chi connectivity index (χ4v) is 3.01. The molecular weight excluding hydrogens is 337 g/mol. The highest BCUT2D eigenvalue weighted by Gasteiger charge is 2.51. The van der Waals surface area contributed by atoms with Crippen LogP contribution < -0.4 is 10.6 Å². The molecule has 1 fully saturated rings. The topological polar surface area (TPSA) is 78.5 Å². The predicted molar refractivity (Wildman–Crippen MR) is 93.7 cm³/mol. The molecule has 1 aliphatic heterocycles. The molecule has 2 N–H and O–H groups in total. The summed E-state index contributed by atoms with van der Waals surface area (Å²) >= 11 is 0. The van der Waals surface area contributed by atoms with E-state index in [4.69, 9.17) is 0 Å². The van der Waals surface area contributed by atoms with Gasteiger partial charge < -0.3 is 10.6 Å². The van der Waals surface area contributed by atoms with E-state index in [1.165, 1.54) is 24.3 Å². The van der Waals surface area contributed by atoms with Gasteiger partial charge in [0.15, 0.2) is 0 Å². The Labute approximate surface area is 150 Å². The van der Waals surface area contributed by atoms with Crippen molar-refractivity contribution in [1.82, 2.24) is 10.2 Å². The van der Waals surface area contributed by atoms with E-state index in [0.29, 0.717) is 11.3 Å². The number of carbonyl (C=O) groups excluding carboxylic acids is 3. The maximum absolute atomic E-state index is 13.2. The van der Waals surface area contributed by atoms with Gasteiger partial charge in [0, 0.05) is 5.69 Å². The molecule has 6 nitrogen and oxygen atoms in total. The third kappa shape index (κ3) is 3.15. The van der Waals surface area contributed by atoms with Gasteiger partial charge in [-0.1, -0.05) is 37.3 Å². The van der Waals surface area contributed by atoms with Crippen LogP contribution in [0.2, 0.25) is 0 Å². The Kier molecular flexibility index (Phi) is 4.71. The molecule has 0 spiro atoms. The van der Waals surface area contributed by atoms with Crippen molar-refractivity contribution in [3.05, 3.63) is 66.0 Å². The number of carbonyl (C=O) groups is 3. The highest BCUT2D eigenvalue weighted by Crippen LogP contribution is 2.32. The molecule has 1 aliphatic rings. The molecular formula is C19H18FN3O3. The van der Waals surface area contributed by atoms with E-state index in [0.717, 1.165) is 4.90 Å². The van der Waals surface area contributed by atoms with E-state index in [9.17, 15) is 18.8 Å². The summed E-state index contributed by atoms with van der Waals surface area (Å²) in [6, 6.07) is 13.5. The number of benzene rings is 2. The summed E-state index contributed by atoms with van der Waals surface area (Å²) in [5.74, 6) is -1.44. The van der Waals surface area contributed by atoms with Crippen LogP contribution in [-0.4, -0.2) is 29.3 Å². The summed E-state index contributed by atoms with van der Waals surface area (Å²) in [6.45, 7) is 1.34. The second-order valence-corrected chi connectivity index (χ2v) is 6.00. The molecule has 0 aliphatic carbocycles. The third-order valence-electron chi connectivity index (χ3n) is 4.40. The van der Waals surface area contributed by atoms with Gasteiger partial charge in [-0.15, -0.1) is 0 Å². The maximum atomic E-state index is 13.2. The van der Waals surface area contributed by atoms with Gasteiger partial charge in [-0.3, -0.25) is 14.5 Å². The molecule has 1 atom stereocenters. The first-order valence-electron chi connectivity index (χ1n) is 8.21. The molecule has 26 heavy (non-hydrogen) atoms. The van der Waals surface area contributed by atoms with Crippen molar-refractivity contribution in [3.8, 4) is 0 Å². The second kappa shape index (κ2) is 6.95. The summed E-state index contributed by atoms with van der Waals surface area (Å²) in [5.41, 5.74) is -0.242. The van der Waals surface area contributed by atoms with Crippen molar-refractivity contribution in [2.75, 3.05) is 11.9 Å². The van der Waals surface area contributed by atoms with Crippen LogP contribution in [0, 0.1) is 5.82 Å². The summed E-state index contributed by atoms with van der Waals surface area (Å²) in [4.78, 5) is 38.3. The zero-order valence-corrected chi connectivity index (χ0v) is 14.2. The molecule has 0 bridgehead atoms. The maximum Gasteiger partial charge on any atom is 0.325 e. The first kappa shape index (κ1) is 17.6. The second-order valence-electron chi connectivity index (χ2n) is 6.00. The summed E-state index contributed by atoms with van der Waals surface area (Å²) in [6.07, 6.45) is 0.278. The van der Waals surface area contributed by atoms with E-state index in [1.807, 2.05) is 6.07 Å². The van der Waals surface area contributed by atoms with Crippen LogP contribution in [-0.2, 0) is 15.1 Å². The minimum Gasteiger partial charge on any atom is -0.325 e. The monoisotopic (exact) mass is 355 g/mol. The molecule has 2 aromatic carbocycles. The van der Waals surface area contributed by atoms with E-state index < -0.39 is 35.7 Å². The zero-order valence-electron chi connectivity index (χ0n) is 14.2. The molecule has 1 unspecified atom stereocenters. The van der Waals surface area contributed by atoms with E-state index in [2.05, 4.69) is 10.6 Å². The minimum atomic E-state index is -1.29. The lowest BCUT2D eigenvalue weighted by Gasteiger charge is -2.25. The number of amides is 4. The first-order chi connectivity index (χ1) is 12.5. The summed E-state index contributed by atoms with van der Waals surface area (Å²) < 4.78 is 13.2. The Balaban J connectivity index is 1.79. The van der Waals surface area contributed by atoms with Gasteiger partial charge in [0.2, 0.25) is 5.91 Å². The number of imide groups is 1. The highest BCUT2D eigenvalue weighted by atomic mass is 19.1. The molecule has 7 heteroatoms. The van der Waals surface area contributed by atoms with Gasteiger partial charge in [-0.25, -0.2) is 9.18 Å². The molecule has 1 saturated heterocycles. The first-order valence-corrected chi connectivity index (χ1v) is 8.21. The van der Waals surface area contributed by atoms with Crippen molar-refractivity contribution < 1.29 is 18.8 Å². The molecule has 0 saturated carbocycles. The molecule has 2 aromatic rings. The van der Waals surface area contributed by atoms with Crippen molar-refractivity contribution in [3.63, 3.8) is 0 Å². The smallest absolute Gasteiger partial charge is 0.325 e. The quantitative estimate of drug-likeness (QED) is 0.810. The molecule has 3 rings (SSSR count). The number of nitrogens with one attached hydrogen (secondary N) is 2.